The Kier molecular flexibility index (Phi) is 4.67. The lowest BCUT2D eigenvalue weighted by atomic mass is 9.74. The van der Waals surface area contributed by atoms with E-state index in [0.29, 0.717) is 11.9 Å². The van der Waals surface area contributed by atoms with E-state index in [4.69, 9.17) is 4.74 Å². The van der Waals surface area contributed by atoms with E-state index in [2.05, 4.69) is 37.1 Å². The molecule has 106 valence electrons. The zero-order valence-corrected chi connectivity index (χ0v) is 12.5. The molecule has 1 aromatic rings. The van der Waals surface area contributed by atoms with E-state index in [0.717, 1.165) is 23.4 Å². The summed E-state index contributed by atoms with van der Waals surface area (Å²) in [4.78, 5) is 4.27. The summed E-state index contributed by atoms with van der Waals surface area (Å²) in [6.45, 7) is 7.03. The van der Waals surface area contributed by atoms with Crippen LogP contribution < -0.4 is 10.1 Å². The molecule has 1 aliphatic carbocycles. The van der Waals surface area contributed by atoms with Gasteiger partial charge in [0.15, 0.2) is 0 Å². The molecular weight excluding hydrogens is 236 g/mol. The number of ether oxygens (including phenoxy) is 1. The van der Waals surface area contributed by atoms with E-state index in [9.17, 15) is 0 Å². The summed E-state index contributed by atoms with van der Waals surface area (Å²) in [6, 6.07) is 4.54. The molecule has 19 heavy (non-hydrogen) atoms. The van der Waals surface area contributed by atoms with Gasteiger partial charge in [0.2, 0.25) is 5.88 Å². The molecule has 1 aliphatic rings. The second kappa shape index (κ2) is 6.27. The predicted octanol–water partition coefficient (Wildman–Crippen LogP) is 3.96. The Morgan fingerprint density at radius 2 is 2.11 bits per heavy atom. The summed E-state index contributed by atoms with van der Waals surface area (Å²) in [5, 5.41) is 3.68. The van der Waals surface area contributed by atoms with Crippen molar-refractivity contribution >= 4 is 5.69 Å². The van der Waals surface area contributed by atoms with Crippen molar-refractivity contribution in [2.45, 2.75) is 46.1 Å². The number of hydrogen-bond donors (Lipinski definition) is 1. The van der Waals surface area contributed by atoms with Gasteiger partial charge < -0.3 is 10.1 Å². The number of nitrogens with one attached hydrogen (secondary N) is 1. The second-order valence-electron chi connectivity index (χ2n) is 6.17. The molecule has 1 fully saturated rings. The first-order valence-corrected chi connectivity index (χ1v) is 7.36. The molecule has 1 heterocycles. The van der Waals surface area contributed by atoms with Gasteiger partial charge in [-0.1, -0.05) is 27.2 Å². The molecule has 0 spiro atoms. The van der Waals surface area contributed by atoms with Crippen LogP contribution in [0.4, 0.5) is 5.69 Å². The molecule has 0 bridgehead atoms. The molecule has 3 heteroatoms. The van der Waals surface area contributed by atoms with Crippen molar-refractivity contribution in [2.75, 3.05) is 12.4 Å². The highest BCUT2D eigenvalue weighted by atomic mass is 16.5. The fourth-order valence-corrected chi connectivity index (χ4v) is 3.17. The van der Waals surface area contributed by atoms with Gasteiger partial charge in [-0.3, -0.25) is 0 Å². The Morgan fingerprint density at radius 1 is 1.32 bits per heavy atom. The third kappa shape index (κ3) is 3.62. The third-order valence-corrected chi connectivity index (χ3v) is 4.32. The molecule has 3 atom stereocenters. The van der Waals surface area contributed by atoms with E-state index < -0.39 is 0 Å². The summed E-state index contributed by atoms with van der Waals surface area (Å²) in [6.07, 6.45) is 5.83. The van der Waals surface area contributed by atoms with E-state index in [1.165, 1.54) is 19.3 Å². The van der Waals surface area contributed by atoms with Crippen molar-refractivity contribution in [3.63, 3.8) is 0 Å². The molecule has 1 saturated carbocycles. The van der Waals surface area contributed by atoms with Crippen LogP contribution in [0.25, 0.3) is 0 Å². The van der Waals surface area contributed by atoms with Crippen molar-refractivity contribution in [3.05, 3.63) is 18.3 Å². The van der Waals surface area contributed by atoms with Crippen LogP contribution in [-0.4, -0.2) is 18.1 Å². The first-order valence-electron chi connectivity index (χ1n) is 7.36. The van der Waals surface area contributed by atoms with Crippen molar-refractivity contribution < 1.29 is 4.74 Å². The van der Waals surface area contributed by atoms with Crippen LogP contribution in [0.2, 0.25) is 0 Å². The summed E-state index contributed by atoms with van der Waals surface area (Å²) in [5.74, 6) is 2.98. The smallest absolute Gasteiger partial charge is 0.213 e. The maximum absolute atomic E-state index is 5.10. The van der Waals surface area contributed by atoms with Crippen LogP contribution >= 0.6 is 0 Å². The number of rotatable bonds is 4. The topological polar surface area (TPSA) is 34.1 Å². The largest absolute Gasteiger partial charge is 0.481 e. The Morgan fingerprint density at radius 3 is 2.68 bits per heavy atom. The molecule has 0 aliphatic heterocycles. The molecule has 3 unspecified atom stereocenters. The van der Waals surface area contributed by atoms with E-state index in [1.807, 2.05) is 12.3 Å². The fourth-order valence-electron chi connectivity index (χ4n) is 3.17. The molecule has 2 rings (SSSR count). The first-order chi connectivity index (χ1) is 9.10. The molecule has 0 amide bonds. The van der Waals surface area contributed by atoms with Crippen LogP contribution in [0.5, 0.6) is 5.88 Å². The highest BCUT2D eigenvalue weighted by Gasteiger charge is 2.30. The maximum atomic E-state index is 5.10. The van der Waals surface area contributed by atoms with Gasteiger partial charge in [0.05, 0.1) is 19.0 Å². The SMILES string of the molecule is COc1ccc(NC2CC(C)CCC2C(C)C)cn1. The number of pyridine rings is 1. The van der Waals surface area contributed by atoms with Gasteiger partial charge in [-0.05, 0) is 36.7 Å². The number of nitrogens with zero attached hydrogens (tertiary/aromatic N) is 1. The summed E-state index contributed by atoms with van der Waals surface area (Å²) in [5.41, 5.74) is 1.10. The third-order valence-electron chi connectivity index (χ3n) is 4.32. The number of methoxy groups -OCH3 is 1. The zero-order chi connectivity index (χ0) is 13.8. The lowest BCUT2D eigenvalue weighted by Crippen LogP contribution is -2.37. The van der Waals surface area contributed by atoms with Crippen molar-refractivity contribution in [1.29, 1.82) is 0 Å². The van der Waals surface area contributed by atoms with Gasteiger partial charge in [0, 0.05) is 12.1 Å². The average molecular weight is 262 g/mol. The van der Waals surface area contributed by atoms with Crippen LogP contribution in [0.15, 0.2) is 18.3 Å². The molecule has 3 nitrogen and oxygen atoms in total. The van der Waals surface area contributed by atoms with Gasteiger partial charge in [0.1, 0.15) is 0 Å². The van der Waals surface area contributed by atoms with Crippen LogP contribution in [-0.2, 0) is 0 Å². The molecule has 0 aromatic carbocycles. The quantitative estimate of drug-likeness (QED) is 0.891. The van der Waals surface area contributed by atoms with Crippen molar-refractivity contribution in [2.24, 2.45) is 17.8 Å². The number of hydrogen-bond acceptors (Lipinski definition) is 3. The van der Waals surface area contributed by atoms with E-state index >= 15 is 0 Å². The Hall–Kier alpha value is -1.25. The Labute approximate surface area is 116 Å². The normalized spacial score (nSPS) is 27.3. The average Bonchev–Trinajstić information content (AvgIpc) is 2.39. The second-order valence-corrected chi connectivity index (χ2v) is 6.17. The van der Waals surface area contributed by atoms with Gasteiger partial charge in [-0.25, -0.2) is 4.98 Å². The fraction of sp³-hybridized carbons (Fsp3) is 0.688. The van der Waals surface area contributed by atoms with Gasteiger partial charge in [0.25, 0.3) is 0 Å². The minimum Gasteiger partial charge on any atom is -0.481 e. The van der Waals surface area contributed by atoms with Gasteiger partial charge in [-0.15, -0.1) is 0 Å². The van der Waals surface area contributed by atoms with Crippen LogP contribution in [0.1, 0.15) is 40.0 Å². The number of anilines is 1. The molecule has 1 aromatic heterocycles. The highest BCUT2D eigenvalue weighted by Crippen LogP contribution is 2.35. The van der Waals surface area contributed by atoms with Crippen molar-refractivity contribution in [3.8, 4) is 5.88 Å². The van der Waals surface area contributed by atoms with Crippen LogP contribution in [0.3, 0.4) is 0 Å². The standard InChI is InChI=1S/C16H26N2O/c1-11(2)14-7-5-12(3)9-15(14)18-13-6-8-16(19-4)17-10-13/h6,8,10-12,14-15,18H,5,7,9H2,1-4H3. The molecule has 1 N–H and O–H groups in total. The van der Waals surface area contributed by atoms with E-state index in [-0.39, 0.29) is 0 Å². The maximum Gasteiger partial charge on any atom is 0.213 e. The molecule has 0 saturated heterocycles. The van der Waals surface area contributed by atoms with E-state index in [1.54, 1.807) is 7.11 Å². The summed E-state index contributed by atoms with van der Waals surface area (Å²) >= 11 is 0. The predicted molar refractivity (Wildman–Crippen MR) is 79.5 cm³/mol. The Balaban J connectivity index is 2.05. The zero-order valence-electron chi connectivity index (χ0n) is 12.5. The monoisotopic (exact) mass is 262 g/mol. The minimum atomic E-state index is 0.568. The lowest BCUT2D eigenvalue weighted by Gasteiger charge is -2.38. The minimum absolute atomic E-state index is 0.568. The Bertz CT molecular complexity index is 388. The molecular formula is C16H26N2O. The number of aromatic nitrogens is 1. The summed E-state index contributed by atoms with van der Waals surface area (Å²) < 4.78 is 5.10. The summed E-state index contributed by atoms with van der Waals surface area (Å²) in [7, 11) is 1.65. The van der Waals surface area contributed by atoms with Crippen molar-refractivity contribution in [1.82, 2.24) is 4.98 Å². The van der Waals surface area contributed by atoms with Gasteiger partial charge >= 0.3 is 0 Å². The highest BCUT2D eigenvalue weighted by molar-refractivity contribution is 5.43. The first kappa shape index (κ1) is 14.2. The lowest BCUT2D eigenvalue weighted by molar-refractivity contribution is 0.212. The molecule has 0 radical (unpaired) electrons. The van der Waals surface area contributed by atoms with Crippen LogP contribution in [0, 0.1) is 17.8 Å². The van der Waals surface area contributed by atoms with Gasteiger partial charge in [-0.2, -0.15) is 0 Å².